The van der Waals surface area contributed by atoms with E-state index in [-0.39, 0.29) is 17.6 Å². The van der Waals surface area contributed by atoms with Gasteiger partial charge in [-0.25, -0.2) is 4.39 Å². The Hall–Kier alpha value is -2.89. The van der Waals surface area contributed by atoms with Gasteiger partial charge in [-0.3, -0.25) is 9.59 Å². The van der Waals surface area contributed by atoms with Gasteiger partial charge in [-0.15, -0.1) is 0 Å². The van der Waals surface area contributed by atoms with E-state index in [4.69, 9.17) is 4.74 Å². The molecule has 0 saturated heterocycles. The fourth-order valence-corrected chi connectivity index (χ4v) is 2.57. The lowest BCUT2D eigenvalue weighted by Gasteiger charge is -2.18. The number of hydrogen-bond acceptors (Lipinski definition) is 3. The monoisotopic (exact) mass is 358 g/mol. The number of methoxy groups -OCH3 is 1. The Balaban J connectivity index is 1.97. The molecule has 2 rings (SSSR count). The van der Waals surface area contributed by atoms with Gasteiger partial charge in [-0.2, -0.15) is 0 Å². The number of halogens is 1. The van der Waals surface area contributed by atoms with Crippen molar-refractivity contribution >= 4 is 11.8 Å². The first-order valence-corrected chi connectivity index (χ1v) is 8.32. The topological polar surface area (TPSA) is 58.6 Å². The number of rotatable bonds is 7. The van der Waals surface area contributed by atoms with E-state index in [9.17, 15) is 14.0 Å². The molecule has 2 aromatic rings. The fourth-order valence-electron chi connectivity index (χ4n) is 2.57. The van der Waals surface area contributed by atoms with Crippen LogP contribution in [0.25, 0.3) is 0 Å². The highest BCUT2D eigenvalue weighted by Crippen LogP contribution is 2.19. The second-order valence-corrected chi connectivity index (χ2v) is 6.06. The Bertz CT molecular complexity index is 775. The van der Waals surface area contributed by atoms with Gasteiger partial charge in [0.2, 0.25) is 5.91 Å². The molecule has 2 amide bonds. The second-order valence-electron chi connectivity index (χ2n) is 6.06. The van der Waals surface area contributed by atoms with Crippen LogP contribution >= 0.6 is 0 Å². The van der Waals surface area contributed by atoms with Crippen molar-refractivity contribution in [3.8, 4) is 5.75 Å². The Morgan fingerprint density at radius 2 is 1.77 bits per heavy atom. The van der Waals surface area contributed by atoms with Crippen molar-refractivity contribution in [1.29, 1.82) is 0 Å². The summed E-state index contributed by atoms with van der Waals surface area (Å²) in [5.41, 5.74) is 2.28. The Morgan fingerprint density at radius 3 is 2.35 bits per heavy atom. The first-order valence-electron chi connectivity index (χ1n) is 8.32. The maximum absolute atomic E-state index is 13.8. The van der Waals surface area contributed by atoms with Gasteiger partial charge in [0, 0.05) is 32.6 Å². The lowest BCUT2D eigenvalue weighted by atomic mass is 10.1. The molecule has 138 valence electrons. The zero-order valence-corrected chi connectivity index (χ0v) is 15.2. The summed E-state index contributed by atoms with van der Waals surface area (Å²) in [5.74, 6) is -0.477. The van der Waals surface area contributed by atoms with E-state index in [2.05, 4.69) is 5.32 Å². The molecule has 0 fully saturated rings. The molecule has 0 unspecified atom stereocenters. The molecule has 0 atom stereocenters. The number of nitrogens with zero attached hydrogens (tertiary/aromatic N) is 1. The van der Waals surface area contributed by atoms with E-state index in [1.807, 2.05) is 12.1 Å². The molecule has 5 nitrogen and oxygen atoms in total. The van der Waals surface area contributed by atoms with Crippen molar-refractivity contribution in [3.05, 3.63) is 65.0 Å². The molecule has 0 aliphatic carbocycles. The third kappa shape index (κ3) is 5.31. The van der Waals surface area contributed by atoms with Gasteiger partial charge in [0.1, 0.15) is 0 Å². The van der Waals surface area contributed by atoms with Gasteiger partial charge in [0.25, 0.3) is 5.91 Å². The minimum absolute atomic E-state index is 0.0617. The van der Waals surface area contributed by atoms with Gasteiger partial charge < -0.3 is 15.0 Å². The van der Waals surface area contributed by atoms with Crippen LogP contribution in [0.4, 0.5) is 4.39 Å². The molecule has 2 aromatic carbocycles. The lowest BCUT2D eigenvalue weighted by molar-refractivity contribution is -0.118. The van der Waals surface area contributed by atoms with Gasteiger partial charge in [0.05, 0.1) is 7.11 Å². The average Bonchev–Trinajstić information content (AvgIpc) is 2.61. The maximum atomic E-state index is 13.8. The third-order valence-corrected chi connectivity index (χ3v) is 3.97. The molecule has 0 aromatic heterocycles. The van der Waals surface area contributed by atoms with Gasteiger partial charge >= 0.3 is 0 Å². The van der Waals surface area contributed by atoms with E-state index in [1.165, 1.54) is 25.0 Å². The summed E-state index contributed by atoms with van der Waals surface area (Å²) in [5, 5.41) is 2.74. The Morgan fingerprint density at radius 1 is 1.12 bits per heavy atom. The lowest BCUT2D eigenvalue weighted by Crippen LogP contribution is -2.26. The summed E-state index contributed by atoms with van der Waals surface area (Å²) in [6.45, 7) is 2.34. The summed E-state index contributed by atoms with van der Waals surface area (Å²) in [6.07, 6.45) is 0.703. The van der Waals surface area contributed by atoms with Crippen LogP contribution in [-0.2, 0) is 17.8 Å². The molecule has 0 radical (unpaired) electrons. The van der Waals surface area contributed by atoms with Crippen molar-refractivity contribution in [1.82, 2.24) is 10.2 Å². The largest absolute Gasteiger partial charge is 0.494 e. The fraction of sp³-hybridized carbons (Fsp3) is 0.300. The highest BCUT2D eigenvalue weighted by Gasteiger charge is 2.13. The minimum atomic E-state index is -0.450. The normalized spacial score (nSPS) is 10.3. The van der Waals surface area contributed by atoms with Crippen LogP contribution in [0, 0.1) is 5.82 Å². The number of benzene rings is 2. The smallest absolute Gasteiger partial charge is 0.253 e. The molecule has 0 saturated carbocycles. The van der Waals surface area contributed by atoms with Crippen LogP contribution in [0.15, 0.2) is 42.5 Å². The van der Waals surface area contributed by atoms with Crippen molar-refractivity contribution in [2.75, 3.05) is 20.7 Å². The maximum Gasteiger partial charge on any atom is 0.253 e. The molecule has 1 N–H and O–H groups in total. The zero-order chi connectivity index (χ0) is 19.1. The van der Waals surface area contributed by atoms with Crippen molar-refractivity contribution in [3.63, 3.8) is 0 Å². The van der Waals surface area contributed by atoms with Crippen LogP contribution in [0.3, 0.4) is 0 Å². The van der Waals surface area contributed by atoms with Crippen LogP contribution in [-0.4, -0.2) is 37.4 Å². The highest BCUT2D eigenvalue weighted by molar-refractivity contribution is 5.94. The van der Waals surface area contributed by atoms with Crippen molar-refractivity contribution < 1.29 is 18.7 Å². The predicted molar refractivity (Wildman–Crippen MR) is 97.6 cm³/mol. The number of nitrogens with one attached hydrogen (secondary N) is 1. The van der Waals surface area contributed by atoms with E-state index in [1.54, 1.807) is 31.3 Å². The standard InChI is InChI=1S/C20H23FN2O3/c1-14(24)22-11-10-15-4-7-17(8-5-15)20(25)23(2)13-16-6-9-19(26-3)18(21)12-16/h4-9,12H,10-11,13H2,1-3H3,(H,22,24). The number of carbonyl (C=O) groups is 2. The highest BCUT2D eigenvalue weighted by atomic mass is 19.1. The molecule has 26 heavy (non-hydrogen) atoms. The molecule has 0 heterocycles. The number of hydrogen-bond donors (Lipinski definition) is 1. The molecular weight excluding hydrogens is 335 g/mol. The third-order valence-electron chi connectivity index (χ3n) is 3.97. The quantitative estimate of drug-likeness (QED) is 0.828. The zero-order valence-electron chi connectivity index (χ0n) is 15.2. The molecule has 0 aliphatic rings. The number of amides is 2. The summed E-state index contributed by atoms with van der Waals surface area (Å²) in [6, 6.07) is 11.9. The van der Waals surface area contributed by atoms with E-state index in [0.29, 0.717) is 30.6 Å². The number of ether oxygens (including phenoxy) is 1. The molecular formula is C20H23FN2O3. The van der Waals surface area contributed by atoms with Crippen LogP contribution < -0.4 is 10.1 Å². The minimum Gasteiger partial charge on any atom is -0.494 e. The molecule has 0 bridgehead atoms. The van der Waals surface area contributed by atoms with Crippen molar-refractivity contribution in [2.45, 2.75) is 19.9 Å². The van der Waals surface area contributed by atoms with Crippen molar-refractivity contribution in [2.24, 2.45) is 0 Å². The summed E-state index contributed by atoms with van der Waals surface area (Å²) in [4.78, 5) is 24.9. The van der Waals surface area contributed by atoms with Crippen LogP contribution in [0.2, 0.25) is 0 Å². The van der Waals surface area contributed by atoms with Crippen LogP contribution in [0.1, 0.15) is 28.4 Å². The van der Waals surface area contributed by atoms with E-state index in [0.717, 1.165) is 5.56 Å². The first kappa shape index (κ1) is 19.4. The SMILES string of the molecule is COc1ccc(CN(C)C(=O)c2ccc(CCNC(C)=O)cc2)cc1F. The first-order chi connectivity index (χ1) is 12.4. The predicted octanol–water partition coefficient (Wildman–Crippen LogP) is 2.79. The second kappa shape index (κ2) is 8.99. The van der Waals surface area contributed by atoms with Gasteiger partial charge in [0.15, 0.2) is 11.6 Å². The Labute approximate surface area is 152 Å². The van der Waals surface area contributed by atoms with Gasteiger partial charge in [-0.1, -0.05) is 18.2 Å². The van der Waals surface area contributed by atoms with E-state index >= 15 is 0 Å². The summed E-state index contributed by atoms with van der Waals surface area (Å²) in [7, 11) is 3.09. The summed E-state index contributed by atoms with van der Waals surface area (Å²) >= 11 is 0. The average molecular weight is 358 g/mol. The molecule has 6 heteroatoms. The Kier molecular flexibility index (Phi) is 6.72. The van der Waals surface area contributed by atoms with Crippen LogP contribution in [0.5, 0.6) is 5.75 Å². The number of carbonyl (C=O) groups excluding carboxylic acids is 2. The van der Waals surface area contributed by atoms with E-state index < -0.39 is 5.82 Å². The molecule has 0 spiro atoms. The van der Waals surface area contributed by atoms with Gasteiger partial charge in [-0.05, 0) is 41.8 Å². The molecule has 0 aliphatic heterocycles. The summed E-state index contributed by atoms with van der Waals surface area (Å²) < 4.78 is 18.7.